The van der Waals surface area contributed by atoms with Crippen LogP contribution in [-0.4, -0.2) is 84.4 Å². The minimum absolute atomic E-state index is 0.0995. The van der Waals surface area contributed by atoms with E-state index in [-0.39, 0.29) is 41.7 Å². The minimum Gasteiger partial charge on any atom is -0.464 e. The van der Waals surface area contributed by atoms with E-state index in [1.807, 2.05) is 18.2 Å². The van der Waals surface area contributed by atoms with Crippen molar-refractivity contribution >= 4 is 33.5 Å². The van der Waals surface area contributed by atoms with E-state index in [9.17, 15) is 4.79 Å². The highest BCUT2D eigenvalue weighted by atomic mass is 19.1. The maximum atomic E-state index is 15.6. The second-order valence-electron chi connectivity index (χ2n) is 9.86. The number of esters is 1. The molecule has 1 saturated heterocycles. The number of fused-ring (bicyclic) bond motifs is 2. The molecule has 2 aromatic heterocycles. The molecule has 1 aliphatic heterocycles. The predicted molar refractivity (Wildman–Crippen MR) is 147 cm³/mol. The van der Waals surface area contributed by atoms with Crippen molar-refractivity contribution in [1.29, 1.82) is 0 Å². The Labute approximate surface area is 226 Å². The lowest BCUT2D eigenvalue weighted by molar-refractivity contribution is 0.0488. The van der Waals surface area contributed by atoms with E-state index < -0.39 is 11.8 Å². The SMILES string of the molecule is CCOC(=O)c1nc(-c2cc3cn(C)nc3c(F)c2OCOC)nc2ccc(N3CCC(N(C)C)CC3)cc12. The zero-order valence-electron chi connectivity index (χ0n) is 22.9. The highest BCUT2D eigenvalue weighted by Gasteiger charge is 2.25. The summed E-state index contributed by atoms with van der Waals surface area (Å²) >= 11 is 0. The van der Waals surface area contributed by atoms with Crippen LogP contribution in [0.2, 0.25) is 0 Å². The molecule has 39 heavy (non-hydrogen) atoms. The van der Waals surface area contributed by atoms with Crippen LogP contribution in [0, 0.1) is 5.82 Å². The molecule has 0 bridgehead atoms. The van der Waals surface area contributed by atoms with Gasteiger partial charge in [-0.15, -0.1) is 0 Å². The number of aromatic nitrogens is 4. The Morgan fingerprint density at radius 2 is 1.95 bits per heavy atom. The molecule has 0 atom stereocenters. The molecule has 0 aliphatic carbocycles. The number of methoxy groups -OCH3 is 1. The Bertz CT molecular complexity index is 1510. The van der Waals surface area contributed by atoms with E-state index >= 15 is 4.39 Å². The Balaban J connectivity index is 1.63. The third-order valence-corrected chi connectivity index (χ3v) is 7.08. The van der Waals surface area contributed by atoms with Crippen LogP contribution < -0.4 is 9.64 Å². The van der Waals surface area contributed by atoms with Gasteiger partial charge in [0.05, 0.1) is 17.7 Å². The van der Waals surface area contributed by atoms with Crippen molar-refractivity contribution in [2.45, 2.75) is 25.8 Å². The predicted octanol–water partition coefficient (Wildman–Crippen LogP) is 4.01. The van der Waals surface area contributed by atoms with Crippen LogP contribution in [0.4, 0.5) is 10.1 Å². The number of aryl methyl sites for hydroxylation is 1. The van der Waals surface area contributed by atoms with E-state index in [4.69, 9.17) is 19.2 Å². The Morgan fingerprint density at radius 1 is 1.18 bits per heavy atom. The molecule has 0 saturated carbocycles. The van der Waals surface area contributed by atoms with Gasteiger partial charge in [-0.25, -0.2) is 19.2 Å². The first-order chi connectivity index (χ1) is 18.8. The lowest BCUT2D eigenvalue weighted by Gasteiger charge is -2.36. The summed E-state index contributed by atoms with van der Waals surface area (Å²) in [5.74, 6) is -1.19. The molecule has 0 radical (unpaired) electrons. The summed E-state index contributed by atoms with van der Waals surface area (Å²) in [6.45, 7) is 3.56. The Kier molecular flexibility index (Phi) is 7.62. The number of hydrogen-bond donors (Lipinski definition) is 0. The van der Waals surface area contributed by atoms with E-state index in [0.29, 0.717) is 22.3 Å². The fourth-order valence-corrected chi connectivity index (χ4v) is 5.08. The summed E-state index contributed by atoms with van der Waals surface area (Å²) in [7, 11) is 7.38. The third kappa shape index (κ3) is 5.24. The molecule has 0 unspecified atom stereocenters. The largest absolute Gasteiger partial charge is 0.464 e. The molecular formula is C28H33FN6O4. The van der Waals surface area contributed by atoms with E-state index in [0.717, 1.165) is 31.6 Å². The lowest BCUT2D eigenvalue weighted by atomic mass is 10.0. The average molecular weight is 537 g/mol. The van der Waals surface area contributed by atoms with Crippen LogP contribution in [0.15, 0.2) is 30.5 Å². The van der Waals surface area contributed by atoms with Gasteiger partial charge in [-0.1, -0.05) is 0 Å². The first-order valence-corrected chi connectivity index (χ1v) is 13.0. The van der Waals surface area contributed by atoms with Gasteiger partial charge in [-0.3, -0.25) is 4.68 Å². The van der Waals surface area contributed by atoms with Crippen LogP contribution in [-0.2, 0) is 16.5 Å². The summed E-state index contributed by atoms with van der Waals surface area (Å²) in [4.78, 5) is 27.0. The number of nitrogens with zero attached hydrogens (tertiary/aromatic N) is 6. The number of piperidine rings is 1. The van der Waals surface area contributed by atoms with Crippen molar-refractivity contribution in [2.24, 2.45) is 7.05 Å². The molecule has 3 heterocycles. The van der Waals surface area contributed by atoms with Crippen molar-refractivity contribution in [3.8, 4) is 17.1 Å². The molecule has 11 heteroatoms. The fraction of sp³-hybridized carbons (Fsp3) is 0.429. The molecule has 0 spiro atoms. The molecule has 4 aromatic rings. The number of benzene rings is 2. The van der Waals surface area contributed by atoms with Crippen molar-refractivity contribution in [1.82, 2.24) is 24.6 Å². The smallest absolute Gasteiger partial charge is 0.357 e. The quantitative estimate of drug-likeness (QED) is 0.245. The van der Waals surface area contributed by atoms with Gasteiger partial charge in [0.15, 0.2) is 29.9 Å². The third-order valence-electron chi connectivity index (χ3n) is 7.08. The van der Waals surface area contributed by atoms with Crippen molar-refractivity contribution in [3.05, 3.63) is 42.0 Å². The van der Waals surface area contributed by atoms with Gasteiger partial charge in [-0.2, -0.15) is 5.10 Å². The highest BCUT2D eigenvalue weighted by Crippen LogP contribution is 2.37. The molecule has 0 amide bonds. The lowest BCUT2D eigenvalue weighted by Crippen LogP contribution is -2.41. The summed E-state index contributed by atoms with van der Waals surface area (Å²) in [6.07, 6.45) is 3.80. The van der Waals surface area contributed by atoms with Crippen molar-refractivity contribution in [2.75, 3.05) is 52.6 Å². The Hall–Kier alpha value is -3.83. The Morgan fingerprint density at radius 3 is 2.64 bits per heavy atom. The van der Waals surface area contributed by atoms with E-state index in [1.165, 1.54) is 11.8 Å². The van der Waals surface area contributed by atoms with Crippen LogP contribution >= 0.6 is 0 Å². The topological polar surface area (TPSA) is 94.8 Å². The maximum Gasteiger partial charge on any atom is 0.357 e. The molecule has 10 nitrogen and oxygen atoms in total. The zero-order valence-corrected chi connectivity index (χ0v) is 22.9. The molecule has 5 rings (SSSR count). The average Bonchev–Trinajstić information content (AvgIpc) is 3.32. The molecule has 2 aromatic carbocycles. The number of carbonyl (C=O) groups excluding carboxylic acids is 1. The number of halogens is 1. The zero-order chi connectivity index (χ0) is 27.7. The fourth-order valence-electron chi connectivity index (χ4n) is 5.08. The second-order valence-corrected chi connectivity index (χ2v) is 9.86. The highest BCUT2D eigenvalue weighted by molar-refractivity contribution is 6.03. The molecule has 0 N–H and O–H groups in total. The van der Waals surface area contributed by atoms with E-state index in [2.05, 4.69) is 34.0 Å². The normalized spacial score (nSPS) is 14.5. The molecule has 1 fully saturated rings. The number of rotatable bonds is 8. The summed E-state index contributed by atoms with van der Waals surface area (Å²) < 4.78 is 33.1. The molecule has 1 aliphatic rings. The van der Waals surface area contributed by atoms with E-state index in [1.54, 1.807) is 26.2 Å². The van der Waals surface area contributed by atoms with Gasteiger partial charge in [0.25, 0.3) is 0 Å². The number of hydrogen-bond acceptors (Lipinski definition) is 9. The second kappa shape index (κ2) is 11.1. The van der Waals surface area contributed by atoms with Gasteiger partial charge in [0.2, 0.25) is 0 Å². The first kappa shape index (κ1) is 26.8. The monoisotopic (exact) mass is 536 g/mol. The van der Waals surface area contributed by atoms with Crippen molar-refractivity contribution in [3.63, 3.8) is 0 Å². The van der Waals surface area contributed by atoms with Gasteiger partial charge in [0, 0.05) is 55.9 Å². The van der Waals surface area contributed by atoms with Gasteiger partial charge in [0.1, 0.15) is 5.52 Å². The summed E-state index contributed by atoms with van der Waals surface area (Å²) in [6, 6.07) is 8.06. The number of ether oxygens (including phenoxy) is 3. The number of anilines is 1. The van der Waals surface area contributed by atoms with Crippen LogP contribution in [0.5, 0.6) is 5.75 Å². The van der Waals surface area contributed by atoms with Gasteiger partial charge in [-0.05, 0) is 58.1 Å². The number of carbonyl (C=O) groups is 1. The van der Waals surface area contributed by atoms with Gasteiger partial charge >= 0.3 is 5.97 Å². The molecular weight excluding hydrogens is 503 g/mol. The maximum absolute atomic E-state index is 15.6. The summed E-state index contributed by atoms with van der Waals surface area (Å²) in [5, 5.41) is 5.33. The van der Waals surface area contributed by atoms with Crippen molar-refractivity contribution < 1.29 is 23.4 Å². The van der Waals surface area contributed by atoms with Crippen LogP contribution in [0.3, 0.4) is 0 Å². The van der Waals surface area contributed by atoms with Gasteiger partial charge < -0.3 is 24.0 Å². The molecule has 206 valence electrons. The first-order valence-electron chi connectivity index (χ1n) is 13.0. The van der Waals surface area contributed by atoms with Crippen LogP contribution in [0.25, 0.3) is 33.2 Å². The standard InChI is InChI=1S/C28H33FN6O4/c1-6-38-28(36)25-20-14-19(35-11-9-18(10-12-35)33(2)3)7-8-22(20)30-27(31-25)21-13-17-15-34(4)32-24(17)23(29)26(21)39-16-37-5/h7-8,13-15,18H,6,9-12,16H2,1-5H3. The summed E-state index contributed by atoms with van der Waals surface area (Å²) in [5.41, 5.74) is 2.09. The van der Waals surface area contributed by atoms with Crippen LogP contribution in [0.1, 0.15) is 30.3 Å². The minimum atomic E-state index is -0.655.